The van der Waals surface area contributed by atoms with Gasteiger partial charge >= 0.3 is 5.97 Å². The molecule has 0 amide bonds. The lowest BCUT2D eigenvalue weighted by Gasteiger charge is -2.14. The van der Waals surface area contributed by atoms with Gasteiger partial charge in [-0.1, -0.05) is 0 Å². The van der Waals surface area contributed by atoms with Crippen LogP contribution in [0.3, 0.4) is 0 Å². The number of anilines is 1. The minimum absolute atomic E-state index is 0.0247. The molecular formula is C13H15FN2O2. The molecule has 0 bridgehead atoms. The lowest BCUT2D eigenvalue weighted by molar-refractivity contribution is -0.143. The summed E-state index contributed by atoms with van der Waals surface area (Å²) in [7, 11) is 0. The summed E-state index contributed by atoms with van der Waals surface area (Å²) < 4.78 is 17.9. The topological polar surface area (TPSA) is 62.1 Å². The Labute approximate surface area is 105 Å². The molecule has 1 aromatic rings. The van der Waals surface area contributed by atoms with E-state index in [2.05, 4.69) is 5.32 Å². The van der Waals surface area contributed by atoms with E-state index in [9.17, 15) is 9.18 Å². The first-order valence-corrected chi connectivity index (χ1v) is 5.68. The van der Waals surface area contributed by atoms with Gasteiger partial charge < -0.3 is 10.1 Å². The maximum atomic E-state index is 13.1. The van der Waals surface area contributed by atoms with Crippen LogP contribution in [0.2, 0.25) is 0 Å². The fourth-order valence-corrected chi connectivity index (χ4v) is 1.51. The quantitative estimate of drug-likeness (QED) is 0.815. The van der Waals surface area contributed by atoms with Crippen LogP contribution in [0.15, 0.2) is 18.2 Å². The Kier molecular flexibility index (Phi) is 5.12. The standard InChI is InChI=1S/C13H15FN2O2/c1-3-18-13(17)6-9(2)16-11-4-5-12(14)10(7-11)8-15/h4-5,7,9,16H,3,6H2,1-2H3. The summed E-state index contributed by atoms with van der Waals surface area (Å²) in [5, 5.41) is 11.7. The summed E-state index contributed by atoms with van der Waals surface area (Å²) in [6.07, 6.45) is 0.215. The molecule has 1 unspecified atom stereocenters. The molecule has 1 atom stereocenters. The van der Waals surface area contributed by atoms with Crippen molar-refractivity contribution in [2.24, 2.45) is 0 Å². The minimum Gasteiger partial charge on any atom is -0.466 e. The molecule has 0 heterocycles. The zero-order valence-electron chi connectivity index (χ0n) is 10.4. The zero-order chi connectivity index (χ0) is 13.5. The van der Waals surface area contributed by atoms with Crippen molar-refractivity contribution in [3.8, 4) is 6.07 Å². The molecule has 1 rings (SSSR count). The van der Waals surface area contributed by atoms with Crippen molar-refractivity contribution in [3.63, 3.8) is 0 Å². The molecule has 4 nitrogen and oxygen atoms in total. The van der Waals surface area contributed by atoms with Crippen molar-refractivity contribution >= 4 is 11.7 Å². The third kappa shape index (κ3) is 4.06. The van der Waals surface area contributed by atoms with E-state index in [-0.39, 0.29) is 24.0 Å². The first kappa shape index (κ1) is 14.0. The van der Waals surface area contributed by atoms with Gasteiger partial charge in [0, 0.05) is 11.7 Å². The van der Waals surface area contributed by atoms with Crippen LogP contribution in [-0.2, 0) is 9.53 Å². The number of hydrogen-bond donors (Lipinski definition) is 1. The number of esters is 1. The highest BCUT2D eigenvalue weighted by atomic mass is 19.1. The van der Waals surface area contributed by atoms with E-state index >= 15 is 0 Å². The highest BCUT2D eigenvalue weighted by Crippen LogP contribution is 2.15. The van der Waals surface area contributed by atoms with Crippen molar-refractivity contribution in [2.75, 3.05) is 11.9 Å². The zero-order valence-corrected chi connectivity index (χ0v) is 10.4. The van der Waals surface area contributed by atoms with Crippen LogP contribution in [0.4, 0.5) is 10.1 Å². The number of nitrogens with zero attached hydrogens (tertiary/aromatic N) is 1. The Morgan fingerprint density at radius 2 is 2.33 bits per heavy atom. The first-order valence-electron chi connectivity index (χ1n) is 5.68. The van der Waals surface area contributed by atoms with Gasteiger partial charge in [0.15, 0.2) is 0 Å². The predicted octanol–water partition coefficient (Wildman–Crippen LogP) is 2.45. The molecular weight excluding hydrogens is 235 g/mol. The molecule has 0 aliphatic rings. The molecule has 0 aliphatic heterocycles. The van der Waals surface area contributed by atoms with Crippen LogP contribution in [0.5, 0.6) is 0 Å². The Hall–Kier alpha value is -2.09. The van der Waals surface area contributed by atoms with Crippen LogP contribution in [0.25, 0.3) is 0 Å². The van der Waals surface area contributed by atoms with Gasteiger partial charge in [-0.05, 0) is 32.0 Å². The van der Waals surface area contributed by atoms with E-state index < -0.39 is 5.82 Å². The number of halogens is 1. The van der Waals surface area contributed by atoms with Crippen LogP contribution in [-0.4, -0.2) is 18.6 Å². The molecule has 1 N–H and O–H groups in total. The molecule has 0 aromatic heterocycles. The molecule has 96 valence electrons. The van der Waals surface area contributed by atoms with Gasteiger partial charge in [-0.25, -0.2) is 4.39 Å². The van der Waals surface area contributed by atoms with E-state index in [1.54, 1.807) is 13.0 Å². The van der Waals surface area contributed by atoms with Gasteiger partial charge in [-0.15, -0.1) is 0 Å². The highest BCUT2D eigenvalue weighted by molar-refractivity contribution is 5.70. The second kappa shape index (κ2) is 6.60. The van der Waals surface area contributed by atoms with Gasteiger partial charge in [0.1, 0.15) is 11.9 Å². The largest absolute Gasteiger partial charge is 0.466 e. The predicted molar refractivity (Wildman–Crippen MR) is 65.4 cm³/mol. The summed E-state index contributed by atoms with van der Waals surface area (Å²) in [6.45, 7) is 3.90. The monoisotopic (exact) mass is 250 g/mol. The van der Waals surface area contributed by atoms with Crippen molar-refractivity contribution in [2.45, 2.75) is 26.3 Å². The Morgan fingerprint density at radius 3 is 2.94 bits per heavy atom. The summed E-state index contributed by atoms with van der Waals surface area (Å²) in [4.78, 5) is 11.2. The van der Waals surface area contributed by atoms with Gasteiger partial charge in [0.05, 0.1) is 18.6 Å². The fraction of sp³-hybridized carbons (Fsp3) is 0.385. The summed E-state index contributed by atoms with van der Waals surface area (Å²) in [5.41, 5.74) is 0.577. The van der Waals surface area contributed by atoms with E-state index in [4.69, 9.17) is 10.00 Å². The molecule has 0 aliphatic carbocycles. The average Bonchev–Trinajstić information content (AvgIpc) is 2.31. The molecule has 0 saturated carbocycles. The maximum absolute atomic E-state index is 13.1. The van der Waals surface area contributed by atoms with Crippen molar-refractivity contribution in [3.05, 3.63) is 29.6 Å². The Balaban J connectivity index is 2.62. The van der Waals surface area contributed by atoms with Crippen molar-refractivity contribution in [1.29, 1.82) is 5.26 Å². The number of rotatable bonds is 5. The summed E-state index contributed by atoms with van der Waals surface area (Å²) in [5.74, 6) is -0.846. The smallest absolute Gasteiger partial charge is 0.307 e. The summed E-state index contributed by atoms with van der Waals surface area (Å²) >= 11 is 0. The first-order chi connectivity index (χ1) is 8.56. The summed E-state index contributed by atoms with van der Waals surface area (Å²) in [6, 6.07) is 5.77. The molecule has 0 fully saturated rings. The van der Waals surface area contributed by atoms with Crippen molar-refractivity contribution in [1.82, 2.24) is 0 Å². The number of nitriles is 1. The fourth-order valence-electron chi connectivity index (χ4n) is 1.51. The number of ether oxygens (including phenoxy) is 1. The number of carbonyl (C=O) groups excluding carboxylic acids is 1. The van der Waals surface area contributed by atoms with Gasteiger partial charge in [0.25, 0.3) is 0 Å². The highest BCUT2D eigenvalue weighted by Gasteiger charge is 2.10. The average molecular weight is 250 g/mol. The maximum Gasteiger partial charge on any atom is 0.307 e. The SMILES string of the molecule is CCOC(=O)CC(C)Nc1ccc(F)c(C#N)c1. The van der Waals surface area contributed by atoms with Gasteiger partial charge in [-0.3, -0.25) is 4.79 Å². The number of nitrogens with one attached hydrogen (secondary N) is 1. The normalized spacial score (nSPS) is 11.4. The second-order valence-electron chi connectivity index (χ2n) is 3.86. The third-order valence-electron chi connectivity index (χ3n) is 2.28. The second-order valence-corrected chi connectivity index (χ2v) is 3.86. The molecule has 0 spiro atoms. The minimum atomic E-state index is -0.555. The van der Waals surface area contributed by atoms with Gasteiger partial charge in [0.2, 0.25) is 0 Å². The number of carbonyl (C=O) groups is 1. The van der Waals surface area contributed by atoms with Crippen LogP contribution < -0.4 is 5.32 Å². The van der Waals surface area contributed by atoms with E-state index in [1.807, 2.05) is 6.92 Å². The number of benzene rings is 1. The van der Waals surface area contributed by atoms with Crippen molar-refractivity contribution < 1.29 is 13.9 Å². The molecule has 0 saturated heterocycles. The third-order valence-corrected chi connectivity index (χ3v) is 2.28. The van der Waals surface area contributed by atoms with Gasteiger partial charge in [-0.2, -0.15) is 5.26 Å². The van der Waals surface area contributed by atoms with E-state index in [0.717, 1.165) is 0 Å². The molecule has 1 aromatic carbocycles. The van der Waals surface area contributed by atoms with E-state index in [1.165, 1.54) is 18.2 Å². The van der Waals surface area contributed by atoms with Crippen LogP contribution >= 0.6 is 0 Å². The molecule has 18 heavy (non-hydrogen) atoms. The van der Waals surface area contributed by atoms with Crippen LogP contribution in [0, 0.1) is 17.1 Å². The Bertz CT molecular complexity index is 469. The number of hydrogen-bond acceptors (Lipinski definition) is 4. The lowest BCUT2D eigenvalue weighted by atomic mass is 10.1. The Morgan fingerprint density at radius 1 is 1.61 bits per heavy atom. The molecule has 0 radical (unpaired) electrons. The lowest BCUT2D eigenvalue weighted by Crippen LogP contribution is -2.21. The van der Waals surface area contributed by atoms with Crippen LogP contribution in [0.1, 0.15) is 25.8 Å². The molecule has 5 heteroatoms. The van der Waals surface area contributed by atoms with E-state index in [0.29, 0.717) is 12.3 Å².